The Hall–Kier alpha value is -2.99. The van der Waals surface area contributed by atoms with Crippen LogP contribution in [0.4, 0.5) is 0 Å². The topological polar surface area (TPSA) is 76.1 Å². The van der Waals surface area contributed by atoms with Crippen molar-refractivity contribution in [2.45, 2.75) is 39.3 Å². The standard InChI is InChI=1S/C24H26ClNO5/c1-5-11-26-21(15-7-6-8-17(12-15)31-14(2)3)20(23(28)24(26)29)22(27)16-9-10-19(30-4)18(25)13-16/h6-10,12-14,21,27H,5,11H2,1-4H3/b22-20+. The van der Waals surface area contributed by atoms with Crippen LogP contribution < -0.4 is 9.47 Å². The Labute approximate surface area is 187 Å². The molecule has 0 radical (unpaired) electrons. The van der Waals surface area contributed by atoms with Crippen LogP contribution in [0.1, 0.15) is 44.4 Å². The van der Waals surface area contributed by atoms with Crippen LogP contribution in [-0.2, 0) is 9.59 Å². The van der Waals surface area contributed by atoms with Crippen molar-refractivity contribution in [3.63, 3.8) is 0 Å². The Morgan fingerprint density at radius 2 is 1.94 bits per heavy atom. The molecule has 1 amide bonds. The van der Waals surface area contributed by atoms with Crippen molar-refractivity contribution in [1.29, 1.82) is 0 Å². The van der Waals surface area contributed by atoms with Crippen LogP contribution in [0.5, 0.6) is 11.5 Å². The Balaban J connectivity index is 2.16. The predicted molar refractivity (Wildman–Crippen MR) is 120 cm³/mol. The van der Waals surface area contributed by atoms with Crippen LogP contribution in [0, 0.1) is 0 Å². The van der Waals surface area contributed by atoms with Gasteiger partial charge in [0, 0.05) is 12.1 Å². The van der Waals surface area contributed by atoms with Gasteiger partial charge in [0.1, 0.15) is 17.3 Å². The van der Waals surface area contributed by atoms with Crippen LogP contribution in [0.15, 0.2) is 48.0 Å². The van der Waals surface area contributed by atoms with Gasteiger partial charge in [0.2, 0.25) is 0 Å². The molecule has 1 N–H and O–H groups in total. The van der Waals surface area contributed by atoms with Gasteiger partial charge in [-0.05, 0) is 56.2 Å². The monoisotopic (exact) mass is 443 g/mol. The molecule has 1 saturated heterocycles. The summed E-state index contributed by atoms with van der Waals surface area (Å²) in [4.78, 5) is 27.3. The van der Waals surface area contributed by atoms with Crippen molar-refractivity contribution in [3.05, 3.63) is 64.2 Å². The maximum atomic E-state index is 13.0. The van der Waals surface area contributed by atoms with E-state index in [-0.39, 0.29) is 17.4 Å². The molecule has 31 heavy (non-hydrogen) atoms. The molecule has 3 rings (SSSR count). The molecule has 1 aliphatic heterocycles. The highest BCUT2D eigenvalue weighted by atomic mass is 35.5. The fraction of sp³-hybridized carbons (Fsp3) is 0.333. The van der Waals surface area contributed by atoms with E-state index in [1.54, 1.807) is 18.2 Å². The van der Waals surface area contributed by atoms with Gasteiger partial charge in [0.15, 0.2) is 0 Å². The number of methoxy groups -OCH3 is 1. The third-order valence-corrected chi connectivity index (χ3v) is 5.27. The first kappa shape index (κ1) is 22.7. The normalized spacial score (nSPS) is 18.0. The number of ketones is 1. The van der Waals surface area contributed by atoms with Gasteiger partial charge < -0.3 is 19.5 Å². The van der Waals surface area contributed by atoms with Crippen molar-refractivity contribution in [1.82, 2.24) is 4.90 Å². The maximum Gasteiger partial charge on any atom is 0.295 e. The highest BCUT2D eigenvalue weighted by Crippen LogP contribution is 2.41. The first-order valence-corrected chi connectivity index (χ1v) is 10.5. The molecule has 2 aromatic carbocycles. The Kier molecular flexibility index (Phi) is 6.91. The van der Waals surface area contributed by atoms with Gasteiger partial charge in [-0.1, -0.05) is 30.7 Å². The number of aliphatic hydroxyl groups excluding tert-OH is 1. The lowest BCUT2D eigenvalue weighted by Crippen LogP contribution is -2.30. The lowest BCUT2D eigenvalue weighted by molar-refractivity contribution is -0.139. The van der Waals surface area contributed by atoms with Gasteiger partial charge in [0.05, 0.1) is 29.9 Å². The zero-order valence-electron chi connectivity index (χ0n) is 18.0. The van der Waals surface area contributed by atoms with E-state index in [0.29, 0.717) is 40.6 Å². The van der Waals surface area contributed by atoms with E-state index in [2.05, 4.69) is 0 Å². The van der Waals surface area contributed by atoms with Gasteiger partial charge in [-0.3, -0.25) is 9.59 Å². The lowest BCUT2D eigenvalue weighted by Gasteiger charge is -2.25. The number of carbonyl (C=O) groups is 2. The molecular formula is C24H26ClNO5. The number of hydrogen-bond donors (Lipinski definition) is 1. The summed E-state index contributed by atoms with van der Waals surface area (Å²) in [6, 6.07) is 11.2. The minimum atomic E-state index is -0.725. The second-order valence-electron chi connectivity index (χ2n) is 7.58. The number of hydrogen-bond acceptors (Lipinski definition) is 5. The minimum absolute atomic E-state index is 0.0290. The number of likely N-dealkylation sites (tertiary alicyclic amines) is 1. The Bertz CT molecular complexity index is 1030. The van der Waals surface area contributed by atoms with E-state index in [4.69, 9.17) is 21.1 Å². The van der Waals surface area contributed by atoms with Crippen LogP contribution in [0.25, 0.3) is 5.76 Å². The summed E-state index contributed by atoms with van der Waals surface area (Å²) in [5, 5.41) is 11.4. The third-order valence-electron chi connectivity index (χ3n) is 4.98. The van der Waals surface area contributed by atoms with Gasteiger partial charge in [-0.2, -0.15) is 0 Å². The van der Waals surface area contributed by atoms with Crippen molar-refractivity contribution >= 4 is 29.1 Å². The molecule has 0 spiro atoms. The quantitative estimate of drug-likeness (QED) is 0.371. The summed E-state index contributed by atoms with van der Waals surface area (Å²) in [5.74, 6) is -0.565. The first-order chi connectivity index (χ1) is 14.8. The third kappa shape index (κ3) is 4.54. The highest BCUT2D eigenvalue weighted by molar-refractivity contribution is 6.46. The fourth-order valence-corrected chi connectivity index (χ4v) is 3.96. The molecule has 1 fully saturated rings. The molecular weight excluding hydrogens is 418 g/mol. The zero-order chi connectivity index (χ0) is 22.7. The summed E-state index contributed by atoms with van der Waals surface area (Å²) in [6.07, 6.45) is 0.638. The largest absolute Gasteiger partial charge is 0.507 e. The molecule has 0 bridgehead atoms. The summed E-state index contributed by atoms with van der Waals surface area (Å²) in [6.45, 7) is 6.15. The van der Waals surface area contributed by atoms with E-state index in [0.717, 1.165) is 0 Å². The number of ether oxygens (including phenoxy) is 2. The number of amides is 1. The van der Waals surface area contributed by atoms with Crippen LogP contribution in [0.3, 0.4) is 0 Å². The molecule has 0 aromatic heterocycles. The number of nitrogens with zero attached hydrogens (tertiary/aromatic N) is 1. The van der Waals surface area contributed by atoms with Crippen LogP contribution in [-0.4, -0.2) is 41.5 Å². The number of rotatable bonds is 7. The second-order valence-corrected chi connectivity index (χ2v) is 7.99. The summed E-state index contributed by atoms with van der Waals surface area (Å²) in [5.41, 5.74) is 1.05. The maximum absolute atomic E-state index is 13.0. The Morgan fingerprint density at radius 3 is 2.55 bits per heavy atom. The molecule has 6 nitrogen and oxygen atoms in total. The number of Topliss-reactive ketones (excluding diaryl/α,β-unsaturated/α-hetero) is 1. The summed E-state index contributed by atoms with van der Waals surface area (Å²) < 4.78 is 10.9. The minimum Gasteiger partial charge on any atom is -0.507 e. The molecule has 0 saturated carbocycles. The van der Waals surface area contributed by atoms with E-state index in [1.165, 1.54) is 18.1 Å². The summed E-state index contributed by atoms with van der Waals surface area (Å²) in [7, 11) is 1.49. The number of halogens is 1. The SMILES string of the molecule is CCCN1C(=O)C(=O)/C(=C(/O)c2ccc(OC)c(Cl)c2)C1c1cccc(OC(C)C)c1. The molecule has 0 aliphatic carbocycles. The molecule has 1 aliphatic rings. The fourth-order valence-electron chi connectivity index (χ4n) is 3.70. The number of aliphatic hydroxyl groups is 1. The zero-order valence-corrected chi connectivity index (χ0v) is 18.8. The average molecular weight is 444 g/mol. The molecule has 1 atom stereocenters. The predicted octanol–water partition coefficient (Wildman–Crippen LogP) is 4.97. The van der Waals surface area contributed by atoms with E-state index in [9.17, 15) is 14.7 Å². The molecule has 7 heteroatoms. The van der Waals surface area contributed by atoms with Crippen molar-refractivity contribution in [2.75, 3.05) is 13.7 Å². The van der Waals surface area contributed by atoms with E-state index < -0.39 is 17.7 Å². The van der Waals surface area contributed by atoms with Crippen LogP contribution in [0.2, 0.25) is 5.02 Å². The first-order valence-electron chi connectivity index (χ1n) is 10.2. The van der Waals surface area contributed by atoms with Crippen LogP contribution >= 0.6 is 11.6 Å². The van der Waals surface area contributed by atoms with E-state index >= 15 is 0 Å². The lowest BCUT2D eigenvalue weighted by atomic mass is 9.95. The number of carbonyl (C=O) groups excluding carboxylic acids is 2. The molecule has 1 heterocycles. The van der Waals surface area contributed by atoms with E-state index in [1.807, 2.05) is 39.0 Å². The number of benzene rings is 2. The van der Waals surface area contributed by atoms with Gasteiger partial charge in [-0.25, -0.2) is 0 Å². The molecule has 164 valence electrons. The van der Waals surface area contributed by atoms with Gasteiger partial charge in [0.25, 0.3) is 11.7 Å². The average Bonchev–Trinajstić information content (AvgIpc) is 2.98. The van der Waals surface area contributed by atoms with Crippen molar-refractivity contribution < 1.29 is 24.2 Å². The highest BCUT2D eigenvalue weighted by Gasteiger charge is 2.45. The smallest absolute Gasteiger partial charge is 0.295 e. The molecule has 2 aromatic rings. The van der Waals surface area contributed by atoms with Gasteiger partial charge in [-0.15, -0.1) is 0 Å². The second kappa shape index (κ2) is 9.43. The molecule has 1 unspecified atom stereocenters. The Morgan fingerprint density at radius 1 is 1.19 bits per heavy atom. The van der Waals surface area contributed by atoms with Gasteiger partial charge >= 0.3 is 0 Å². The van der Waals surface area contributed by atoms with Crippen molar-refractivity contribution in [2.24, 2.45) is 0 Å². The van der Waals surface area contributed by atoms with Crippen molar-refractivity contribution in [3.8, 4) is 11.5 Å². The summed E-state index contributed by atoms with van der Waals surface area (Å²) >= 11 is 6.21.